The molecule has 0 N–H and O–H groups in total. The van der Waals surface area contributed by atoms with E-state index in [4.69, 9.17) is 19.0 Å². The highest BCUT2D eigenvalue weighted by molar-refractivity contribution is 5.13. The molecule has 0 atom stereocenters. The van der Waals surface area contributed by atoms with Crippen LogP contribution in [0.25, 0.3) is 0 Å². The first-order valence-electron chi connectivity index (χ1n) is 9.66. The minimum Gasteiger partial charge on any atom is -0.377 e. The van der Waals surface area contributed by atoms with Crippen LogP contribution in [0, 0.1) is 0 Å². The predicted octanol–water partition coefficient (Wildman–Crippen LogP) is 1.95. The first-order valence-corrected chi connectivity index (χ1v) is 9.66. The fourth-order valence-electron chi connectivity index (χ4n) is 3.46. The van der Waals surface area contributed by atoms with Gasteiger partial charge >= 0.3 is 0 Å². The number of benzene rings is 1. The maximum Gasteiger partial charge on any atom is 0.0919 e. The van der Waals surface area contributed by atoms with E-state index in [1.165, 1.54) is 5.56 Å². The third-order valence-corrected chi connectivity index (χ3v) is 5.10. The van der Waals surface area contributed by atoms with Crippen molar-refractivity contribution >= 4 is 0 Å². The van der Waals surface area contributed by atoms with Gasteiger partial charge in [0.15, 0.2) is 0 Å². The van der Waals surface area contributed by atoms with E-state index in [2.05, 4.69) is 29.1 Å². The molecule has 0 aliphatic carbocycles. The first kappa shape index (κ1) is 19.7. The van der Waals surface area contributed by atoms with Crippen molar-refractivity contribution in [2.45, 2.75) is 25.0 Å². The van der Waals surface area contributed by atoms with Crippen molar-refractivity contribution in [1.82, 2.24) is 9.96 Å². The highest BCUT2D eigenvalue weighted by atomic mass is 16.7. The summed E-state index contributed by atoms with van der Waals surface area (Å²) in [5.74, 6) is 0. The number of hydroxylamine groups is 2. The maximum absolute atomic E-state index is 6.10. The van der Waals surface area contributed by atoms with Gasteiger partial charge in [-0.2, -0.15) is 5.06 Å². The first-order chi connectivity index (χ1) is 12.8. The van der Waals surface area contributed by atoms with Crippen molar-refractivity contribution in [2.24, 2.45) is 0 Å². The second kappa shape index (κ2) is 10.3. The number of hydrogen-bond donors (Lipinski definition) is 0. The van der Waals surface area contributed by atoms with Crippen LogP contribution in [-0.2, 0) is 25.7 Å². The number of ether oxygens (including phenoxy) is 3. The highest BCUT2D eigenvalue weighted by Gasteiger charge is 2.39. The van der Waals surface area contributed by atoms with Gasteiger partial charge < -0.3 is 19.1 Å². The second-order valence-corrected chi connectivity index (χ2v) is 7.18. The van der Waals surface area contributed by atoms with E-state index >= 15 is 0 Å². The summed E-state index contributed by atoms with van der Waals surface area (Å²) in [5, 5.41) is 2.06. The molecule has 0 bridgehead atoms. The molecule has 146 valence electrons. The fraction of sp³-hybridized carbons (Fsp3) is 0.700. The molecule has 0 aromatic heterocycles. The van der Waals surface area contributed by atoms with E-state index in [-0.39, 0.29) is 5.60 Å². The lowest BCUT2D eigenvalue weighted by Gasteiger charge is -2.46. The Morgan fingerprint density at radius 1 is 0.962 bits per heavy atom. The Labute approximate surface area is 156 Å². The molecule has 2 aliphatic heterocycles. The maximum atomic E-state index is 6.10. The second-order valence-electron chi connectivity index (χ2n) is 7.18. The molecule has 1 aromatic rings. The molecular weight excluding hydrogens is 332 g/mol. The molecule has 6 nitrogen and oxygen atoms in total. The van der Waals surface area contributed by atoms with E-state index in [0.29, 0.717) is 33.0 Å². The highest BCUT2D eigenvalue weighted by Crippen LogP contribution is 2.29. The summed E-state index contributed by atoms with van der Waals surface area (Å²) in [5.41, 5.74) is 1.17. The number of piperidine rings is 1. The zero-order chi connectivity index (χ0) is 18.1. The largest absolute Gasteiger partial charge is 0.377 e. The van der Waals surface area contributed by atoms with Gasteiger partial charge in [-0.15, -0.1) is 0 Å². The Bertz CT molecular complexity index is 506. The monoisotopic (exact) mass is 364 g/mol. The molecule has 2 fully saturated rings. The smallest absolute Gasteiger partial charge is 0.0919 e. The lowest BCUT2D eigenvalue weighted by Crippen LogP contribution is -2.56. The third kappa shape index (κ3) is 6.30. The minimum absolute atomic E-state index is 0.0170. The van der Waals surface area contributed by atoms with Gasteiger partial charge in [-0.1, -0.05) is 30.3 Å². The van der Waals surface area contributed by atoms with Crippen molar-refractivity contribution < 1.29 is 19.0 Å². The Balaban J connectivity index is 1.21. The summed E-state index contributed by atoms with van der Waals surface area (Å²) in [7, 11) is 2.17. The Hall–Kier alpha value is -1.02. The van der Waals surface area contributed by atoms with Crippen molar-refractivity contribution in [3.8, 4) is 0 Å². The quantitative estimate of drug-likeness (QED) is 0.624. The molecule has 2 saturated heterocycles. The Kier molecular flexibility index (Phi) is 7.85. The molecular formula is C20H32N2O4. The van der Waals surface area contributed by atoms with Gasteiger partial charge in [-0.3, -0.25) is 4.84 Å². The van der Waals surface area contributed by atoms with E-state index < -0.39 is 0 Å². The van der Waals surface area contributed by atoms with Crippen LogP contribution in [-0.4, -0.2) is 81.8 Å². The van der Waals surface area contributed by atoms with E-state index in [1.54, 1.807) is 0 Å². The van der Waals surface area contributed by atoms with Gasteiger partial charge in [-0.25, -0.2) is 0 Å². The van der Waals surface area contributed by atoms with Crippen LogP contribution in [0.3, 0.4) is 0 Å². The van der Waals surface area contributed by atoms with Crippen LogP contribution < -0.4 is 0 Å². The molecule has 1 spiro atoms. The van der Waals surface area contributed by atoms with Crippen LogP contribution in [0.5, 0.6) is 0 Å². The lowest BCUT2D eigenvalue weighted by molar-refractivity contribution is -0.251. The third-order valence-electron chi connectivity index (χ3n) is 5.10. The number of nitrogens with zero attached hydrogens (tertiary/aromatic N) is 2. The van der Waals surface area contributed by atoms with Crippen molar-refractivity contribution in [3.63, 3.8) is 0 Å². The van der Waals surface area contributed by atoms with Gasteiger partial charge in [0.05, 0.1) is 51.8 Å². The Morgan fingerprint density at radius 2 is 1.69 bits per heavy atom. The number of likely N-dealkylation sites (tertiary alicyclic amines) is 1. The molecule has 2 aliphatic rings. The molecule has 6 heteroatoms. The van der Waals surface area contributed by atoms with Crippen LogP contribution in [0.2, 0.25) is 0 Å². The molecule has 0 radical (unpaired) electrons. The average molecular weight is 364 g/mol. The molecule has 2 heterocycles. The van der Waals surface area contributed by atoms with Crippen LogP contribution >= 0.6 is 0 Å². The number of hydrogen-bond acceptors (Lipinski definition) is 6. The summed E-state index contributed by atoms with van der Waals surface area (Å²) in [6, 6.07) is 10.2. The van der Waals surface area contributed by atoms with E-state index in [0.717, 1.165) is 45.6 Å². The average Bonchev–Trinajstić information content (AvgIpc) is 2.68. The van der Waals surface area contributed by atoms with Crippen LogP contribution in [0.1, 0.15) is 18.4 Å². The summed E-state index contributed by atoms with van der Waals surface area (Å²) in [6.07, 6.45) is 2.16. The van der Waals surface area contributed by atoms with Gasteiger partial charge in [-0.05, 0) is 25.5 Å². The van der Waals surface area contributed by atoms with Gasteiger partial charge in [0, 0.05) is 19.6 Å². The normalized spacial score (nSPS) is 21.3. The predicted molar refractivity (Wildman–Crippen MR) is 99.9 cm³/mol. The summed E-state index contributed by atoms with van der Waals surface area (Å²) >= 11 is 0. The minimum atomic E-state index is -0.0170. The van der Waals surface area contributed by atoms with Crippen LogP contribution in [0.15, 0.2) is 30.3 Å². The zero-order valence-corrected chi connectivity index (χ0v) is 15.9. The molecule has 1 aromatic carbocycles. The van der Waals surface area contributed by atoms with E-state index in [1.807, 2.05) is 18.2 Å². The topological polar surface area (TPSA) is 43.4 Å². The molecule has 0 saturated carbocycles. The standard InChI is InChI=1S/C20H32N2O4/c1-21-9-7-20(8-10-21)18-22(11-12-25-20)26-16-15-23-13-14-24-17-19-5-3-2-4-6-19/h2-6H,7-18H2,1H3. The van der Waals surface area contributed by atoms with Gasteiger partial charge in [0.1, 0.15) is 0 Å². The van der Waals surface area contributed by atoms with Crippen LogP contribution in [0.4, 0.5) is 0 Å². The zero-order valence-electron chi connectivity index (χ0n) is 15.9. The van der Waals surface area contributed by atoms with E-state index in [9.17, 15) is 0 Å². The lowest BCUT2D eigenvalue weighted by atomic mass is 9.90. The summed E-state index contributed by atoms with van der Waals surface area (Å²) < 4.78 is 17.3. The number of morpholine rings is 1. The fourth-order valence-corrected chi connectivity index (χ4v) is 3.46. The SMILES string of the molecule is CN1CCC2(CC1)CN(OCCOCCOCc1ccccc1)CCO2. The van der Waals surface area contributed by atoms with Gasteiger partial charge in [0.2, 0.25) is 0 Å². The van der Waals surface area contributed by atoms with Crippen molar-refractivity contribution in [1.29, 1.82) is 0 Å². The van der Waals surface area contributed by atoms with Gasteiger partial charge in [0.25, 0.3) is 0 Å². The van der Waals surface area contributed by atoms with Crippen molar-refractivity contribution in [2.75, 3.05) is 66.3 Å². The molecule has 0 amide bonds. The summed E-state index contributed by atoms with van der Waals surface area (Å²) in [6.45, 7) is 7.62. The van der Waals surface area contributed by atoms with Crippen molar-refractivity contribution in [3.05, 3.63) is 35.9 Å². The molecule has 0 unspecified atom stereocenters. The molecule has 3 rings (SSSR count). The molecule has 26 heavy (non-hydrogen) atoms. The Morgan fingerprint density at radius 3 is 2.50 bits per heavy atom. The number of rotatable bonds is 9. The summed E-state index contributed by atoms with van der Waals surface area (Å²) in [4.78, 5) is 8.25.